The van der Waals surface area contributed by atoms with Crippen molar-refractivity contribution < 1.29 is 9.53 Å². The molecule has 1 aliphatic heterocycles. The molecule has 7 heteroatoms. The Morgan fingerprint density at radius 1 is 0.941 bits per heavy atom. The van der Waals surface area contributed by atoms with E-state index in [1.165, 1.54) is 18.2 Å². The van der Waals surface area contributed by atoms with Crippen molar-refractivity contribution in [3.05, 3.63) is 111 Å². The lowest BCUT2D eigenvalue weighted by molar-refractivity contribution is 0.0601. The van der Waals surface area contributed by atoms with E-state index in [0.29, 0.717) is 41.4 Å². The fourth-order valence-electron chi connectivity index (χ4n) is 4.32. The van der Waals surface area contributed by atoms with Crippen molar-refractivity contribution in [3.8, 4) is 16.9 Å². The highest BCUT2D eigenvalue weighted by Crippen LogP contribution is 2.31. The Morgan fingerprint density at radius 3 is 2.32 bits per heavy atom. The van der Waals surface area contributed by atoms with E-state index in [2.05, 4.69) is 17.1 Å². The quantitative estimate of drug-likeness (QED) is 0.396. The summed E-state index contributed by atoms with van der Waals surface area (Å²) in [6.07, 6.45) is 0.830. The summed E-state index contributed by atoms with van der Waals surface area (Å²) in [6, 6.07) is 24.4. The maximum Gasteiger partial charge on any atom is 0.337 e. The molecule has 6 nitrogen and oxygen atoms in total. The largest absolute Gasteiger partial charge is 0.465 e. The van der Waals surface area contributed by atoms with E-state index in [1.54, 1.807) is 28.8 Å². The highest BCUT2D eigenvalue weighted by atomic mass is 35.5. The van der Waals surface area contributed by atoms with Gasteiger partial charge in [-0.1, -0.05) is 66.2 Å². The molecule has 5 rings (SSSR count). The molecule has 0 bridgehead atoms. The topological polar surface area (TPSA) is 64.4 Å². The van der Waals surface area contributed by atoms with E-state index >= 15 is 0 Å². The van der Waals surface area contributed by atoms with Gasteiger partial charge in [-0.3, -0.25) is 9.36 Å². The molecule has 0 amide bonds. The standard InChI is InChI=1S/C27H22ClN3O3/c1-34-27(33)20-13-11-19(12-14-20)23-24(28)29-25(26(32)31(23)22-9-3-2-4-10-22)30-16-15-18-7-5-6-8-21(18)17-30/h2-14H,15-17H2,1H3. The van der Waals surface area contributed by atoms with E-state index in [4.69, 9.17) is 16.3 Å². The Hall–Kier alpha value is -3.90. The third-order valence-corrected chi connectivity index (χ3v) is 6.30. The lowest BCUT2D eigenvalue weighted by atomic mass is 10.00. The first-order valence-corrected chi connectivity index (χ1v) is 11.3. The van der Waals surface area contributed by atoms with Crippen molar-refractivity contribution in [1.82, 2.24) is 9.55 Å². The number of halogens is 1. The van der Waals surface area contributed by atoms with Crippen LogP contribution in [0.5, 0.6) is 0 Å². The van der Waals surface area contributed by atoms with Gasteiger partial charge in [0.05, 0.1) is 18.4 Å². The van der Waals surface area contributed by atoms with Crippen molar-refractivity contribution in [2.75, 3.05) is 18.6 Å². The number of methoxy groups -OCH3 is 1. The maximum absolute atomic E-state index is 13.9. The van der Waals surface area contributed by atoms with Crippen LogP contribution in [0.1, 0.15) is 21.5 Å². The fourth-order valence-corrected chi connectivity index (χ4v) is 4.60. The van der Waals surface area contributed by atoms with Crippen LogP contribution < -0.4 is 10.5 Å². The molecule has 0 spiro atoms. The second-order valence-corrected chi connectivity index (χ2v) is 8.42. The molecule has 0 radical (unpaired) electrons. The van der Waals surface area contributed by atoms with Gasteiger partial charge in [-0.05, 0) is 41.8 Å². The summed E-state index contributed by atoms with van der Waals surface area (Å²) in [5.74, 6) is -0.116. The minimum Gasteiger partial charge on any atom is -0.465 e. The summed E-state index contributed by atoms with van der Waals surface area (Å²) in [6.45, 7) is 1.27. The van der Waals surface area contributed by atoms with E-state index in [9.17, 15) is 9.59 Å². The van der Waals surface area contributed by atoms with Crippen LogP contribution in [0, 0.1) is 0 Å². The zero-order valence-corrected chi connectivity index (χ0v) is 19.3. The van der Waals surface area contributed by atoms with Crippen LogP contribution in [0.4, 0.5) is 5.82 Å². The van der Waals surface area contributed by atoms with Gasteiger partial charge in [0.15, 0.2) is 11.0 Å². The maximum atomic E-state index is 13.9. The average Bonchev–Trinajstić information content (AvgIpc) is 2.89. The Bertz CT molecular complexity index is 1420. The molecule has 0 fully saturated rings. The first-order valence-electron chi connectivity index (χ1n) is 11.0. The molecule has 4 aromatic rings. The normalized spacial score (nSPS) is 12.8. The van der Waals surface area contributed by atoms with Crippen LogP contribution >= 0.6 is 11.6 Å². The second-order valence-electron chi connectivity index (χ2n) is 8.06. The van der Waals surface area contributed by atoms with Crippen molar-refractivity contribution in [1.29, 1.82) is 0 Å². The van der Waals surface area contributed by atoms with Gasteiger partial charge in [0, 0.05) is 24.3 Å². The number of ether oxygens (including phenoxy) is 1. The van der Waals surface area contributed by atoms with Gasteiger partial charge in [-0.2, -0.15) is 0 Å². The van der Waals surface area contributed by atoms with Crippen molar-refractivity contribution in [3.63, 3.8) is 0 Å². The van der Waals surface area contributed by atoms with Crippen molar-refractivity contribution >= 4 is 23.4 Å². The molecule has 0 saturated heterocycles. The Kier molecular flexibility index (Phi) is 5.90. The van der Waals surface area contributed by atoms with E-state index in [-0.39, 0.29) is 10.7 Å². The van der Waals surface area contributed by atoms with Crippen molar-refractivity contribution in [2.24, 2.45) is 0 Å². The average molecular weight is 472 g/mol. The molecule has 0 aliphatic carbocycles. The number of hydrogen-bond donors (Lipinski definition) is 0. The second kappa shape index (κ2) is 9.15. The minimum absolute atomic E-state index is 0.211. The molecule has 1 aromatic heterocycles. The van der Waals surface area contributed by atoms with Crippen LogP contribution in [-0.4, -0.2) is 29.2 Å². The number of fused-ring (bicyclic) bond motifs is 1. The number of benzene rings is 3. The van der Waals surface area contributed by atoms with Gasteiger partial charge in [0.2, 0.25) is 0 Å². The number of aromatic nitrogens is 2. The first-order chi connectivity index (χ1) is 16.6. The van der Waals surface area contributed by atoms with Gasteiger partial charge in [-0.15, -0.1) is 0 Å². The molecular formula is C27H22ClN3O3. The van der Waals surface area contributed by atoms with Crippen molar-refractivity contribution in [2.45, 2.75) is 13.0 Å². The zero-order chi connectivity index (χ0) is 23.7. The Morgan fingerprint density at radius 2 is 1.62 bits per heavy atom. The highest BCUT2D eigenvalue weighted by Gasteiger charge is 2.25. The summed E-state index contributed by atoms with van der Waals surface area (Å²) in [5.41, 5.74) is 4.45. The Balaban J connectivity index is 1.66. The third kappa shape index (κ3) is 3.97. The molecule has 0 unspecified atom stereocenters. The molecule has 170 valence electrons. The fraction of sp³-hybridized carbons (Fsp3) is 0.148. The monoisotopic (exact) mass is 471 g/mol. The van der Waals surface area contributed by atoms with E-state index < -0.39 is 5.97 Å². The van der Waals surface area contributed by atoms with Crippen LogP contribution in [-0.2, 0) is 17.7 Å². The van der Waals surface area contributed by atoms with Gasteiger partial charge >= 0.3 is 5.97 Å². The number of anilines is 1. The lowest BCUT2D eigenvalue weighted by Crippen LogP contribution is -2.37. The third-order valence-electron chi connectivity index (χ3n) is 6.04. The molecule has 2 heterocycles. The highest BCUT2D eigenvalue weighted by molar-refractivity contribution is 6.32. The molecule has 3 aromatic carbocycles. The number of hydrogen-bond acceptors (Lipinski definition) is 5. The number of esters is 1. The van der Waals surface area contributed by atoms with Crippen LogP contribution in [0.2, 0.25) is 5.15 Å². The summed E-state index contributed by atoms with van der Waals surface area (Å²) >= 11 is 6.75. The summed E-state index contributed by atoms with van der Waals surface area (Å²) in [7, 11) is 1.34. The van der Waals surface area contributed by atoms with Crippen LogP contribution in [0.15, 0.2) is 83.7 Å². The predicted octanol–water partition coefficient (Wildman–Crippen LogP) is 4.90. The summed E-state index contributed by atoms with van der Waals surface area (Å²) in [4.78, 5) is 32.3. The number of nitrogens with zero attached hydrogens (tertiary/aromatic N) is 3. The minimum atomic E-state index is -0.433. The molecule has 0 saturated carbocycles. The molecule has 0 N–H and O–H groups in total. The Labute approximate surface area is 202 Å². The zero-order valence-electron chi connectivity index (χ0n) is 18.6. The van der Waals surface area contributed by atoms with Gasteiger partial charge in [0.1, 0.15) is 0 Å². The summed E-state index contributed by atoms with van der Waals surface area (Å²) in [5, 5.41) is 0.211. The number of rotatable bonds is 4. The lowest BCUT2D eigenvalue weighted by Gasteiger charge is -2.30. The van der Waals surface area contributed by atoms with Gasteiger partial charge in [0.25, 0.3) is 5.56 Å². The first kappa shape index (κ1) is 21.9. The number of carbonyl (C=O) groups is 1. The SMILES string of the molecule is COC(=O)c1ccc(-c2c(Cl)nc(N3CCc4ccccc4C3)c(=O)n2-c2ccccc2)cc1. The van der Waals surface area contributed by atoms with E-state index in [0.717, 1.165) is 6.42 Å². The summed E-state index contributed by atoms with van der Waals surface area (Å²) < 4.78 is 6.38. The van der Waals surface area contributed by atoms with Gasteiger partial charge in [-0.25, -0.2) is 9.78 Å². The van der Waals surface area contributed by atoms with Crippen LogP contribution in [0.25, 0.3) is 16.9 Å². The smallest absolute Gasteiger partial charge is 0.337 e. The number of para-hydroxylation sites is 1. The molecule has 1 aliphatic rings. The van der Waals surface area contributed by atoms with Gasteiger partial charge < -0.3 is 9.64 Å². The molecular weight excluding hydrogens is 450 g/mol. The molecule has 0 atom stereocenters. The van der Waals surface area contributed by atoms with Crippen LogP contribution in [0.3, 0.4) is 0 Å². The molecule has 34 heavy (non-hydrogen) atoms. The number of carbonyl (C=O) groups excluding carboxylic acids is 1. The van der Waals surface area contributed by atoms with E-state index in [1.807, 2.05) is 47.4 Å². The predicted molar refractivity (Wildman–Crippen MR) is 133 cm³/mol.